The van der Waals surface area contributed by atoms with Crippen LogP contribution in [0.15, 0.2) is 115 Å². The number of phenolic OH excluding ortho intramolecular Hbond substituents is 1. The standard InChI is InChI=1S/C74H95N11O11/c1-11-75-71(91)67-81-80-66(57-42-56(48(6)7)64(94-10)43-62(57)86)85(67)54-25-22-52(23-26-54)44-82-32-30-53(31-33-82)72(92)84-36-34-83(35-37-84)55-27-29-63(49(8)40-55)96-73(93)79-58(28-24-50-18-14-12-15-19-50)68(88)77-60(39-47(4)5)69(89)78-61(41-51-20-16-13-17-21-51)70(90)76-59(38-46(2)3)65(87)74(9)45-95-74/h12-23,25-27,29,40,42-43,46-48,53,58-61,86H,11,24,28,30-39,41,44-45H2,1-10H3,(H,75,91)(H,76,90)(H,77,88)(H,78,89)(H,79,93). The molecule has 9 rings (SSSR count). The monoisotopic (exact) mass is 1310 g/mol. The maximum absolute atomic E-state index is 14.5. The number of nitrogens with one attached hydrogen (secondary N) is 5. The number of piperazine rings is 1. The van der Waals surface area contributed by atoms with Crippen LogP contribution in [-0.4, -0.2) is 160 Å². The number of aryl methyl sites for hydroxylation is 2. The maximum atomic E-state index is 14.5. The lowest BCUT2D eigenvalue weighted by Crippen LogP contribution is -2.59. The number of Topliss-reactive ketones (excluding diaryl/α,β-unsaturated/α-hetero) is 1. The van der Waals surface area contributed by atoms with E-state index in [-0.39, 0.29) is 72.8 Å². The number of piperidine rings is 1. The molecular formula is C74H95N11O11. The molecule has 22 heteroatoms. The second-order valence-electron chi connectivity index (χ2n) is 26.9. The number of nitrogens with zero attached hydrogens (tertiary/aromatic N) is 6. The minimum absolute atomic E-state index is 0.0473. The van der Waals surface area contributed by atoms with Crippen LogP contribution in [0.2, 0.25) is 0 Å². The number of carbonyl (C=O) groups is 7. The molecule has 0 saturated carbocycles. The van der Waals surface area contributed by atoms with E-state index in [4.69, 9.17) is 14.2 Å². The first kappa shape index (κ1) is 71.2. The van der Waals surface area contributed by atoms with Crippen molar-refractivity contribution in [3.63, 3.8) is 0 Å². The van der Waals surface area contributed by atoms with E-state index >= 15 is 0 Å². The molecule has 6 N–H and O–H groups in total. The number of rotatable bonds is 29. The van der Waals surface area contributed by atoms with Gasteiger partial charge in [0.2, 0.25) is 29.5 Å². The Morgan fingerprint density at radius 1 is 0.667 bits per heavy atom. The molecule has 6 aromatic rings. The molecule has 4 heterocycles. The summed E-state index contributed by atoms with van der Waals surface area (Å²) in [5.41, 5.74) is 5.38. The van der Waals surface area contributed by atoms with E-state index < -0.39 is 59.5 Å². The Bertz CT molecular complexity index is 3670. The summed E-state index contributed by atoms with van der Waals surface area (Å²) in [6.45, 7) is 22.4. The van der Waals surface area contributed by atoms with Crippen molar-refractivity contribution in [3.05, 3.63) is 149 Å². The highest BCUT2D eigenvalue weighted by molar-refractivity contribution is 5.99. The number of amides is 6. The minimum atomic E-state index is -1.13. The van der Waals surface area contributed by atoms with Crippen molar-refractivity contribution in [1.82, 2.24) is 51.1 Å². The van der Waals surface area contributed by atoms with Crippen LogP contribution in [0.25, 0.3) is 17.1 Å². The molecule has 3 aliphatic heterocycles. The van der Waals surface area contributed by atoms with Crippen LogP contribution in [0, 0.1) is 24.7 Å². The van der Waals surface area contributed by atoms with Gasteiger partial charge in [-0.15, -0.1) is 10.2 Å². The zero-order chi connectivity index (χ0) is 68.8. The molecule has 22 nitrogen and oxygen atoms in total. The zero-order valence-electron chi connectivity index (χ0n) is 57.1. The van der Waals surface area contributed by atoms with E-state index in [1.54, 1.807) is 30.7 Å². The molecule has 3 aliphatic rings. The molecule has 5 unspecified atom stereocenters. The van der Waals surface area contributed by atoms with Crippen molar-refractivity contribution in [1.29, 1.82) is 0 Å². The summed E-state index contributed by atoms with van der Waals surface area (Å²) < 4.78 is 18.6. The van der Waals surface area contributed by atoms with Gasteiger partial charge in [0.05, 0.1) is 25.3 Å². The highest BCUT2D eigenvalue weighted by Crippen LogP contribution is 2.39. The average Bonchev–Trinajstić information content (AvgIpc) is 1.65. The topological polar surface area (TPSA) is 271 Å². The third-order valence-corrected chi connectivity index (χ3v) is 18.1. The third kappa shape index (κ3) is 18.4. The summed E-state index contributed by atoms with van der Waals surface area (Å²) in [6, 6.07) is 31.5. The highest BCUT2D eigenvalue weighted by atomic mass is 16.6. The van der Waals surface area contributed by atoms with Gasteiger partial charge in [-0.25, -0.2) is 4.79 Å². The van der Waals surface area contributed by atoms with Gasteiger partial charge >= 0.3 is 6.09 Å². The molecule has 96 heavy (non-hydrogen) atoms. The van der Waals surface area contributed by atoms with Crippen molar-refractivity contribution in [2.24, 2.45) is 17.8 Å². The van der Waals surface area contributed by atoms with Gasteiger partial charge in [0.15, 0.2) is 11.6 Å². The highest BCUT2D eigenvalue weighted by Gasteiger charge is 2.50. The fourth-order valence-electron chi connectivity index (χ4n) is 12.6. The van der Waals surface area contributed by atoms with Crippen LogP contribution in [0.5, 0.6) is 17.2 Å². The van der Waals surface area contributed by atoms with Gasteiger partial charge in [-0.2, -0.15) is 0 Å². The van der Waals surface area contributed by atoms with E-state index in [0.29, 0.717) is 86.2 Å². The van der Waals surface area contributed by atoms with Gasteiger partial charge in [-0.1, -0.05) is 114 Å². The zero-order valence-corrected chi connectivity index (χ0v) is 57.1. The number of ether oxygens (including phenoxy) is 3. The lowest BCUT2D eigenvalue weighted by Gasteiger charge is -2.39. The number of anilines is 1. The Morgan fingerprint density at radius 2 is 1.26 bits per heavy atom. The van der Waals surface area contributed by atoms with Crippen molar-refractivity contribution in [2.45, 2.75) is 149 Å². The third-order valence-electron chi connectivity index (χ3n) is 18.1. The number of aromatic nitrogens is 3. The fourth-order valence-corrected chi connectivity index (χ4v) is 12.6. The lowest BCUT2D eigenvalue weighted by molar-refractivity contribution is -0.137. The van der Waals surface area contributed by atoms with E-state index in [2.05, 4.69) is 46.6 Å². The van der Waals surface area contributed by atoms with Gasteiger partial charge in [-0.05, 0) is 154 Å². The van der Waals surface area contributed by atoms with E-state index in [1.807, 2.05) is 163 Å². The summed E-state index contributed by atoms with van der Waals surface area (Å²) >= 11 is 0. The SMILES string of the molecule is CCNC(=O)c1nnc(-c2cc(C(C)C)c(OC)cc2O)n1-c1ccc(CN2CCC(C(=O)N3CCN(c4ccc(OC(=O)NC(CCc5ccccc5)C(=O)NC(CC(C)C)C(=O)NC(Cc5ccccc5)C(=O)NC(CC(C)C)C(=O)C5(C)CO5)c(C)c4)CC3)CC2)cc1. The van der Waals surface area contributed by atoms with Crippen molar-refractivity contribution in [2.75, 3.05) is 64.4 Å². The summed E-state index contributed by atoms with van der Waals surface area (Å²) in [6.07, 6.45) is 1.93. The number of hydrogen-bond donors (Lipinski definition) is 6. The second-order valence-corrected chi connectivity index (χ2v) is 26.9. The van der Waals surface area contributed by atoms with Gasteiger partial charge in [-0.3, -0.25) is 38.2 Å². The molecule has 5 atom stereocenters. The molecule has 512 valence electrons. The average molecular weight is 1310 g/mol. The Hall–Kier alpha value is -9.15. The number of carbonyl (C=O) groups excluding carboxylic acids is 7. The van der Waals surface area contributed by atoms with Gasteiger partial charge in [0.25, 0.3) is 5.91 Å². The van der Waals surface area contributed by atoms with Crippen LogP contribution < -0.4 is 41.0 Å². The predicted molar refractivity (Wildman–Crippen MR) is 367 cm³/mol. The molecular weight excluding hydrogens is 1220 g/mol. The number of benzene rings is 5. The maximum Gasteiger partial charge on any atom is 0.413 e. The summed E-state index contributed by atoms with van der Waals surface area (Å²) in [4.78, 5) is 105. The Morgan fingerprint density at radius 3 is 1.86 bits per heavy atom. The number of methoxy groups -OCH3 is 1. The fraction of sp³-hybridized carbons (Fsp3) is 0.473. The number of epoxide rings is 1. The molecule has 0 aliphatic carbocycles. The Labute approximate surface area is 563 Å². The van der Waals surface area contributed by atoms with Crippen LogP contribution in [0.1, 0.15) is 132 Å². The molecule has 0 radical (unpaired) electrons. The predicted octanol–water partition coefficient (Wildman–Crippen LogP) is 8.63. The van der Waals surface area contributed by atoms with Crippen molar-refractivity contribution < 1.29 is 52.9 Å². The Balaban J connectivity index is 0.782. The molecule has 0 spiro atoms. The molecule has 3 saturated heterocycles. The number of phenols is 1. The first-order chi connectivity index (χ1) is 46.0. The van der Waals surface area contributed by atoms with Crippen LogP contribution in [0.4, 0.5) is 10.5 Å². The van der Waals surface area contributed by atoms with E-state index in [1.165, 1.54) is 0 Å². The van der Waals surface area contributed by atoms with E-state index in [9.17, 15) is 38.7 Å². The van der Waals surface area contributed by atoms with Crippen molar-refractivity contribution in [3.8, 4) is 34.3 Å². The van der Waals surface area contributed by atoms with Gasteiger partial charge in [0.1, 0.15) is 41.0 Å². The summed E-state index contributed by atoms with van der Waals surface area (Å²) in [5.74, 6) is -0.958. The molecule has 6 amide bonds. The Kier molecular flexibility index (Phi) is 24.1. The van der Waals surface area contributed by atoms with Gasteiger partial charge in [0, 0.05) is 69.0 Å². The number of likely N-dealkylation sites (tertiary alicyclic amines) is 1. The smallest absolute Gasteiger partial charge is 0.413 e. The molecule has 1 aromatic heterocycles. The number of ketones is 1. The van der Waals surface area contributed by atoms with Crippen LogP contribution >= 0.6 is 0 Å². The first-order valence-electron chi connectivity index (χ1n) is 33.8. The largest absolute Gasteiger partial charge is 0.507 e. The number of aromatic hydroxyl groups is 1. The lowest BCUT2D eigenvalue weighted by atomic mass is 9.93. The normalized spacial score (nSPS) is 17.1. The summed E-state index contributed by atoms with van der Waals surface area (Å²) in [7, 11) is 1.56. The number of hydrogen-bond acceptors (Lipinski definition) is 15. The molecule has 3 fully saturated rings. The minimum Gasteiger partial charge on any atom is -0.507 e. The van der Waals surface area contributed by atoms with Crippen molar-refractivity contribution >= 4 is 47.1 Å². The first-order valence-corrected chi connectivity index (χ1v) is 33.8. The van der Waals surface area contributed by atoms with Gasteiger partial charge < -0.3 is 55.7 Å². The van der Waals surface area contributed by atoms with Crippen LogP contribution in [-0.2, 0) is 48.1 Å². The molecule has 5 aromatic carbocycles. The second kappa shape index (κ2) is 32.5. The molecule has 0 bridgehead atoms. The summed E-state index contributed by atoms with van der Waals surface area (Å²) in [5, 5.41) is 34.3. The van der Waals surface area contributed by atoms with E-state index in [0.717, 1.165) is 53.9 Å². The quantitative estimate of drug-likeness (QED) is 0.0240. The van der Waals surface area contributed by atoms with Crippen LogP contribution in [0.3, 0.4) is 0 Å².